The first-order valence-electron chi connectivity index (χ1n) is 7.59. The van der Waals surface area contributed by atoms with Crippen molar-refractivity contribution in [2.45, 2.75) is 38.5 Å². The summed E-state index contributed by atoms with van der Waals surface area (Å²) in [6.07, 6.45) is 16.1. The zero-order valence-electron chi connectivity index (χ0n) is 13.3. The van der Waals surface area contributed by atoms with Gasteiger partial charge in [0.1, 0.15) is 24.8 Å². The summed E-state index contributed by atoms with van der Waals surface area (Å²) in [4.78, 5) is 0. The number of unbranched alkanes of at least 4 members (excludes halogenated alkanes) is 3. The third-order valence-electron chi connectivity index (χ3n) is 4.21. The molecule has 0 amide bonds. The lowest BCUT2D eigenvalue weighted by Gasteiger charge is -2.01. The van der Waals surface area contributed by atoms with Gasteiger partial charge in [-0.2, -0.15) is 0 Å². The second-order valence-corrected chi connectivity index (χ2v) is 5.79. The van der Waals surface area contributed by atoms with Gasteiger partial charge in [0.15, 0.2) is 0 Å². The van der Waals surface area contributed by atoms with Crippen molar-refractivity contribution in [3.8, 4) is 0 Å². The Labute approximate surface area is 122 Å². The van der Waals surface area contributed by atoms with Crippen LogP contribution in [0, 0.1) is 0 Å². The highest BCUT2D eigenvalue weighted by atomic mass is 15.1. The summed E-state index contributed by atoms with van der Waals surface area (Å²) in [5, 5.41) is 0. The fraction of sp³-hybridized carbons (Fsp3) is 0.625. The molecule has 0 aliphatic carbocycles. The van der Waals surface area contributed by atoms with Crippen LogP contribution in [0.5, 0.6) is 0 Å². The van der Waals surface area contributed by atoms with Crippen molar-refractivity contribution in [1.29, 1.82) is 0 Å². The molecular weight excluding hydrogens is 248 g/mol. The summed E-state index contributed by atoms with van der Waals surface area (Å²) in [7, 11) is 8.52. The number of rotatable bonds is 7. The Morgan fingerprint density at radius 2 is 1.15 bits per heavy atom. The molecule has 2 aromatic heterocycles. The molecule has 0 bridgehead atoms. The molecule has 0 fully saturated rings. The Bertz CT molecular complexity index is 462. The predicted octanol–water partition coefficient (Wildman–Crippen LogP) is 1.36. The Balaban J connectivity index is 1.65. The van der Waals surface area contributed by atoms with Crippen LogP contribution in [0.4, 0.5) is 0 Å². The first-order chi connectivity index (χ1) is 9.59. The monoisotopic (exact) mass is 276 g/mol. The Morgan fingerprint density at radius 3 is 1.45 bits per heavy atom. The van der Waals surface area contributed by atoms with E-state index >= 15 is 0 Å². The molecule has 4 heteroatoms. The first-order valence-corrected chi connectivity index (χ1v) is 7.59. The van der Waals surface area contributed by atoms with Crippen LogP contribution >= 0.6 is 0 Å². The molecule has 0 aliphatic rings. The van der Waals surface area contributed by atoms with E-state index in [9.17, 15) is 0 Å². The van der Waals surface area contributed by atoms with Crippen molar-refractivity contribution in [2.75, 3.05) is 0 Å². The van der Waals surface area contributed by atoms with E-state index in [0.717, 1.165) is 0 Å². The van der Waals surface area contributed by atoms with Crippen LogP contribution in [0.2, 0.25) is 0 Å². The van der Waals surface area contributed by atoms with Crippen LogP contribution in [-0.4, -0.2) is 9.13 Å². The van der Waals surface area contributed by atoms with Gasteiger partial charge in [0, 0.05) is 12.8 Å². The number of imidazole rings is 2. The average Bonchev–Trinajstić information content (AvgIpc) is 2.90. The second kappa shape index (κ2) is 6.73. The minimum atomic E-state index is 1.18. The molecule has 0 saturated heterocycles. The average molecular weight is 276 g/mol. The SMILES string of the molecule is Cn1cc[n+](C)c1CCCCCCc1n(C)cc[n+]1C. The van der Waals surface area contributed by atoms with Gasteiger partial charge in [-0.15, -0.1) is 0 Å². The third kappa shape index (κ3) is 3.50. The van der Waals surface area contributed by atoms with E-state index in [-0.39, 0.29) is 0 Å². The molecule has 2 rings (SSSR count). The number of nitrogens with zero attached hydrogens (tertiary/aromatic N) is 4. The first kappa shape index (κ1) is 14.8. The number of aryl methyl sites for hydroxylation is 4. The Morgan fingerprint density at radius 1 is 0.750 bits per heavy atom. The molecule has 0 unspecified atom stereocenters. The molecule has 0 saturated carbocycles. The summed E-state index contributed by atoms with van der Waals surface area (Å²) in [6.45, 7) is 0. The van der Waals surface area contributed by atoms with E-state index in [1.165, 1.54) is 50.2 Å². The molecule has 4 nitrogen and oxygen atoms in total. The minimum Gasteiger partial charge on any atom is -0.237 e. The highest BCUT2D eigenvalue weighted by Gasteiger charge is 2.11. The Hall–Kier alpha value is -1.58. The highest BCUT2D eigenvalue weighted by molar-refractivity contribution is 4.83. The van der Waals surface area contributed by atoms with Crippen LogP contribution in [0.1, 0.15) is 37.3 Å². The summed E-state index contributed by atoms with van der Waals surface area (Å²) in [5.41, 5.74) is 0. The van der Waals surface area contributed by atoms with Crippen molar-refractivity contribution < 1.29 is 9.13 Å². The quantitative estimate of drug-likeness (QED) is 0.537. The topological polar surface area (TPSA) is 17.6 Å². The van der Waals surface area contributed by atoms with E-state index < -0.39 is 0 Å². The van der Waals surface area contributed by atoms with E-state index in [4.69, 9.17) is 0 Å². The van der Waals surface area contributed by atoms with Crippen LogP contribution in [-0.2, 0) is 41.0 Å². The van der Waals surface area contributed by atoms with Gasteiger partial charge >= 0.3 is 0 Å². The standard InChI is InChI=1S/C16H28N4/c1-17-11-12-18(2)15(17)9-7-5-6-8-10-16-19(3)13-14-20(16)4/h11-14H,5-10H2,1-4H3/q+2. The van der Waals surface area contributed by atoms with Gasteiger partial charge < -0.3 is 0 Å². The van der Waals surface area contributed by atoms with Crippen molar-refractivity contribution in [3.63, 3.8) is 0 Å². The lowest BCUT2D eigenvalue weighted by atomic mass is 10.1. The van der Waals surface area contributed by atoms with E-state index in [1.54, 1.807) is 0 Å². The van der Waals surface area contributed by atoms with Crippen LogP contribution in [0.25, 0.3) is 0 Å². The maximum atomic E-state index is 2.23. The fourth-order valence-electron chi connectivity index (χ4n) is 2.87. The highest BCUT2D eigenvalue weighted by Crippen LogP contribution is 2.07. The van der Waals surface area contributed by atoms with Crippen molar-refractivity contribution >= 4 is 0 Å². The van der Waals surface area contributed by atoms with Gasteiger partial charge in [-0.25, -0.2) is 18.3 Å². The van der Waals surface area contributed by atoms with E-state index in [0.29, 0.717) is 0 Å². The van der Waals surface area contributed by atoms with Crippen LogP contribution in [0.3, 0.4) is 0 Å². The molecule has 2 aromatic rings. The maximum absolute atomic E-state index is 2.23. The fourth-order valence-corrected chi connectivity index (χ4v) is 2.87. The molecule has 0 N–H and O–H groups in total. The van der Waals surface area contributed by atoms with Gasteiger partial charge in [-0.05, 0) is 12.8 Å². The van der Waals surface area contributed by atoms with Gasteiger partial charge in [0.2, 0.25) is 0 Å². The lowest BCUT2D eigenvalue weighted by molar-refractivity contribution is -0.679. The number of aromatic nitrogens is 4. The molecule has 0 spiro atoms. The Kier molecular flexibility index (Phi) is 4.99. The van der Waals surface area contributed by atoms with Crippen LogP contribution in [0.15, 0.2) is 24.8 Å². The summed E-state index contributed by atoms with van der Waals surface area (Å²) < 4.78 is 8.90. The van der Waals surface area contributed by atoms with Crippen molar-refractivity contribution in [1.82, 2.24) is 9.13 Å². The summed E-state index contributed by atoms with van der Waals surface area (Å²) in [6, 6.07) is 0. The zero-order valence-corrected chi connectivity index (χ0v) is 13.3. The predicted molar refractivity (Wildman–Crippen MR) is 79.1 cm³/mol. The zero-order chi connectivity index (χ0) is 14.5. The molecular formula is C16H28N4+2. The summed E-state index contributed by atoms with van der Waals surface area (Å²) in [5.74, 6) is 2.83. The van der Waals surface area contributed by atoms with E-state index in [2.05, 4.69) is 71.2 Å². The number of hydrogen-bond acceptors (Lipinski definition) is 0. The van der Waals surface area contributed by atoms with Crippen molar-refractivity contribution in [3.05, 3.63) is 36.4 Å². The second-order valence-electron chi connectivity index (χ2n) is 5.79. The van der Waals surface area contributed by atoms with Gasteiger partial charge in [-0.1, -0.05) is 12.8 Å². The van der Waals surface area contributed by atoms with Crippen molar-refractivity contribution in [2.24, 2.45) is 28.2 Å². The summed E-state index contributed by atoms with van der Waals surface area (Å²) >= 11 is 0. The number of hydrogen-bond donors (Lipinski definition) is 0. The molecule has 20 heavy (non-hydrogen) atoms. The van der Waals surface area contributed by atoms with Gasteiger partial charge in [-0.3, -0.25) is 0 Å². The van der Waals surface area contributed by atoms with Gasteiger partial charge in [0.25, 0.3) is 11.6 Å². The van der Waals surface area contributed by atoms with Gasteiger partial charge in [0.05, 0.1) is 28.2 Å². The normalized spacial score (nSPS) is 11.2. The minimum absolute atomic E-state index is 1.18. The lowest BCUT2D eigenvalue weighted by Crippen LogP contribution is -2.31. The molecule has 110 valence electrons. The third-order valence-corrected chi connectivity index (χ3v) is 4.21. The van der Waals surface area contributed by atoms with Crippen LogP contribution < -0.4 is 9.13 Å². The van der Waals surface area contributed by atoms with E-state index in [1.807, 2.05) is 0 Å². The largest absolute Gasteiger partial charge is 0.255 e. The molecule has 2 heterocycles. The maximum Gasteiger partial charge on any atom is 0.255 e. The molecule has 0 radical (unpaired) electrons. The molecule has 0 atom stereocenters. The molecule has 0 aliphatic heterocycles. The smallest absolute Gasteiger partial charge is 0.237 e. The molecule has 0 aromatic carbocycles.